The molecule has 3 aromatic rings. The van der Waals surface area contributed by atoms with Crippen molar-refractivity contribution in [2.75, 3.05) is 6.54 Å². The standard InChI is InChI=1S/C20H21F2N3O2/c1-4-8-23-20(26)18-13(3)24-19-17(9-12(2)10-25(18)19)27-11-14-15(21)6-5-7-16(14)22/h5-7,9-10H,4,8,11H2,1-3H3,(H,23,26). The van der Waals surface area contributed by atoms with E-state index >= 15 is 0 Å². The van der Waals surface area contributed by atoms with Crippen LogP contribution in [0.5, 0.6) is 5.75 Å². The van der Waals surface area contributed by atoms with Gasteiger partial charge in [-0.2, -0.15) is 0 Å². The Morgan fingerprint density at radius 2 is 1.96 bits per heavy atom. The monoisotopic (exact) mass is 373 g/mol. The zero-order valence-corrected chi connectivity index (χ0v) is 15.5. The lowest BCUT2D eigenvalue weighted by molar-refractivity contribution is 0.0947. The summed E-state index contributed by atoms with van der Waals surface area (Å²) in [5.41, 5.74) is 2.08. The maximum absolute atomic E-state index is 13.8. The quantitative estimate of drug-likeness (QED) is 0.712. The number of pyridine rings is 1. The molecule has 0 saturated carbocycles. The van der Waals surface area contributed by atoms with Gasteiger partial charge in [-0.25, -0.2) is 13.8 Å². The first-order chi connectivity index (χ1) is 12.9. The van der Waals surface area contributed by atoms with Crippen molar-refractivity contribution in [3.05, 3.63) is 64.6 Å². The van der Waals surface area contributed by atoms with Crippen LogP contribution in [-0.4, -0.2) is 21.8 Å². The third-order valence-electron chi connectivity index (χ3n) is 4.18. The van der Waals surface area contributed by atoms with E-state index in [2.05, 4.69) is 10.3 Å². The summed E-state index contributed by atoms with van der Waals surface area (Å²) in [6.45, 7) is 5.84. The fourth-order valence-electron chi connectivity index (χ4n) is 2.88. The van der Waals surface area contributed by atoms with Gasteiger partial charge in [0.1, 0.15) is 23.9 Å². The summed E-state index contributed by atoms with van der Waals surface area (Å²) < 4.78 is 35.0. The lowest BCUT2D eigenvalue weighted by Gasteiger charge is -2.11. The van der Waals surface area contributed by atoms with Gasteiger partial charge in [-0.1, -0.05) is 13.0 Å². The van der Waals surface area contributed by atoms with Crippen LogP contribution in [0.25, 0.3) is 5.65 Å². The second-order valence-corrected chi connectivity index (χ2v) is 6.37. The minimum atomic E-state index is -0.669. The first-order valence-corrected chi connectivity index (χ1v) is 8.75. The fourth-order valence-corrected chi connectivity index (χ4v) is 2.88. The normalized spacial score (nSPS) is 11.0. The van der Waals surface area contributed by atoms with E-state index < -0.39 is 11.6 Å². The number of nitrogens with zero attached hydrogens (tertiary/aromatic N) is 2. The van der Waals surface area contributed by atoms with Crippen molar-refractivity contribution < 1.29 is 18.3 Å². The largest absolute Gasteiger partial charge is 0.485 e. The Morgan fingerprint density at radius 3 is 2.63 bits per heavy atom. The molecule has 0 spiro atoms. The van der Waals surface area contributed by atoms with Gasteiger partial charge in [0.15, 0.2) is 11.4 Å². The molecular weight excluding hydrogens is 352 g/mol. The summed E-state index contributed by atoms with van der Waals surface area (Å²) in [5, 5.41) is 2.84. The van der Waals surface area contributed by atoms with Crippen LogP contribution in [-0.2, 0) is 6.61 Å². The maximum Gasteiger partial charge on any atom is 0.270 e. The highest BCUT2D eigenvalue weighted by atomic mass is 19.1. The minimum absolute atomic E-state index is 0.152. The molecule has 2 heterocycles. The molecule has 0 aliphatic heterocycles. The Bertz CT molecular complexity index is 978. The van der Waals surface area contributed by atoms with Crippen molar-refractivity contribution in [3.63, 3.8) is 0 Å². The zero-order chi connectivity index (χ0) is 19.6. The summed E-state index contributed by atoms with van der Waals surface area (Å²) in [6, 6.07) is 5.40. The molecule has 0 aliphatic carbocycles. The van der Waals surface area contributed by atoms with Gasteiger partial charge in [-0.05, 0) is 44.0 Å². The minimum Gasteiger partial charge on any atom is -0.485 e. The molecule has 1 aromatic carbocycles. The number of rotatable bonds is 6. The van der Waals surface area contributed by atoms with E-state index in [1.807, 2.05) is 13.8 Å². The number of benzene rings is 1. The van der Waals surface area contributed by atoms with Crippen molar-refractivity contribution in [1.29, 1.82) is 0 Å². The van der Waals surface area contributed by atoms with Crippen LogP contribution in [0.15, 0.2) is 30.5 Å². The summed E-state index contributed by atoms with van der Waals surface area (Å²) in [6.07, 6.45) is 2.61. The molecule has 0 unspecified atom stereocenters. The van der Waals surface area contributed by atoms with Gasteiger partial charge in [-0.15, -0.1) is 0 Å². The molecule has 0 bridgehead atoms. The van der Waals surface area contributed by atoms with Gasteiger partial charge in [0.25, 0.3) is 5.91 Å². The second-order valence-electron chi connectivity index (χ2n) is 6.37. The van der Waals surface area contributed by atoms with Gasteiger partial charge < -0.3 is 10.1 Å². The van der Waals surface area contributed by atoms with Crippen LogP contribution in [0.2, 0.25) is 0 Å². The lowest BCUT2D eigenvalue weighted by Crippen LogP contribution is -2.26. The summed E-state index contributed by atoms with van der Waals surface area (Å²) >= 11 is 0. The van der Waals surface area contributed by atoms with Crippen LogP contribution < -0.4 is 10.1 Å². The molecular formula is C20H21F2N3O2. The average molecular weight is 373 g/mol. The smallest absolute Gasteiger partial charge is 0.270 e. The number of imidazole rings is 1. The van der Waals surface area contributed by atoms with Crippen LogP contribution in [0.3, 0.4) is 0 Å². The molecule has 0 fully saturated rings. The molecule has 142 valence electrons. The van der Waals surface area contributed by atoms with Crippen molar-refractivity contribution in [2.24, 2.45) is 0 Å². The summed E-state index contributed by atoms with van der Waals surface area (Å²) in [4.78, 5) is 16.9. The van der Waals surface area contributed by atoms with Crippen LogP contribution >= 0.6 is 0 Å². The van der Waals surface area contributed by atoms with E-state index in [-0.39, 0.29) is 18.1 Å². The molecule has 2 aromatic heterocycles. The number of carbonyl (C=O) groups is 1. The summed E-state index contributed by atoms with van der Waals surface area (Å²) in [5.74, 6) is -1.20. The number of fused-ring (bicyclic) bond motifs is 1. The van der Waals surface area contributed by atoms with E-state index in [1.165, 1.54) is 18.2 Å². The van der Waals surface area contributed by atoms with Gasteiger partial charge in [-0.3, -0.25) is 9.20 Å². The SMILES string of the molecule is CCCNC(=O)c1c(C)nc2c(OCc3c(F)cccc3F)cc(C)cn12. The number of aromatic nitrogens is 2. The number of aryl methyl sites for hydroxylation is 2. The highest BCUT2D eigenvalue weighted by molar-refractivity contribution is 5.95. The highest BCUT2D eigenvalue weighted by Crippen LogP contribution is 2.25. The number of nitrogens with one attached hydrogen (secondary N) is 1. The molecule has 5 nitrogen and oxygen atoms in total. The molecule has 3 rings (SSSR count). The molecule has 7 heteroatoms. The first kappa shape index (κ1) is 18.8. The van der Waals surface area contributed by atoms with E-state index in [0.717, 1.165) is 12.0 Å². The Balaban J connectivity index is 1.98. The van der Waals surface area contributed by atoms with E-state index in [9.17, 15) is 13.6 Å². The number of hydrogen-bond donors (Lipinski definition) is 1. The van der Waals surface area contributed by atoms with Crippen LogP contribution in [0.1, 0.15) is 40.7 Å². The lowest BCUT2D eigenvalue weighted by atomic mass is 10.2. The van der Waals surface area contributed by atoms with E-state index in [4.69, 9.17) is 4.74 Å². The number of halogens is 2. The molecule has 0 atom stereocenters. The molecule has 1 N–H and O–H groups in total. The van der Waals surface area contributed by atoms with Crippen molar-refractivity contribution >= 4 is 11.6 Å². The predicted molar refractivity (Wildman–Crippen MR) is 98.0 cm³/mol. The number of amides is 1. The molecule has 0 aliphatic rings. The number of carbonyl (C=O) groups excluding carboxylic acids is 1. The van der Waals surface area contributed by atoms with Gasteiger partial charge >= 0.3 is 0 Å². The van der Waals surface area contributed by atoms with Gasteiger partial charge in [0, 0.05) is 12.7 Å². The van der Waals surface area contributed by atoms with E-state index in [1.54, 1.807) is 23.6 Å². The number of ether oxygens (including phenoxy) is 1. The molecule has 27 heavy (non-hydrogen) atoms. The first-order valence-electron chi connectivity index (χ1n) is 8.75. The van der Waals surface area contributed by atoms with Crippen LogP contribution in [0, 0.1) is 25.5 Å². The molecule has 0 saturated heterocycles. The highest BCUT2D eigenvalue weighted by Gasteiger charge is 2.19. The predicted octanol–water partition coefficient (Wildman–Crippen LogP) is 3.95. The van der Waals surface area contributed by atoms with Crippen molar-refractivity contribution in [1.82, 2.24) is 14.7 Å². The molecule has 0 radical (unpaired) electrons. The Morgan fingerprint density at radius 1 is 1.26 bits per heavy atom. The summed E-state index contributed by atoms with van der Waals surface area (Å²) in [7, 11) is 0. The van der Waals surface area contributed by atoms with Gasteiger partial charge in [0.05, 0.1) is 11.3 Å². The maximum atomic E-state index is 13.8. The van der Waals surface area contributed by atoms with E-state index in [0.29, 0.717) is 29.3 Å². The third-order valence-corrected chi connectivity index (χ3v) is 4.18. The van der Waals surface area contributed by atoms with Crippen molar-refractivity contribution in [3.8, 4) is 5.75 Å². The topological polar surface area (TPSA) is 55.6 Å². The molecule has 1 amide bonds. The average Bonchev–Trinajstić information content (AvgIpc) is 2.95. The Hall–Kier alpha value is -2.96. The number of hydrogen-bond acceptors (Lipinski definition) is 3. The van der Waals surface area contributed by atoms with Crippen LogP contribution in [0.4, 0.5) is 8.78 Å². The fraction of sp³-hybridized carbons (Fsp3) is 0.300. The van der Waals surface area contributed by atoms with Gasteiger partial charge in [0.2, 0.25) is 0 Å². The third kappa shape index (κ3) is 3.77. The zero-order valence-electron chi connectivity index (χ0n) is 15.5. The second kappa shape index (κ2) is 7.73. The Kier molecular flexibility index (Phi) is 5.39. The van der Waals surface area contributed by atoms with Crippen molar-refractivity contribution in [2.45, 2.75) is 33.8 Å². The Labute approximate surface area is 156 Å².